The van der Waals surface area contributed by atoms with E-state index in [-0.39, 0.29) is 22.3 Å². The molecule has 11 heteroatoms. The Hall–Kier alpha value is -4.41. The van der Waals surface area contributed by atoms with Gasteiger partial charge < -0.3 is 15.5 Å². The maximum absolute atomic E-state index is 13.0. The number of carbonyl (C=O) groups is 2. The van der Waals surface area contributed by atoms with Gasteiger partial charge in [0, 0.05) is 5.69 Å². The lowest BCUT2D eigenvalue weighted by molar-refractivity contribution is -0.137. The number of halogens is 3. The summed E-state index contributed by atoms with van der Waals surface area (Å²) in [5.74, 6) is -1.08. The first-order valence-corrected chi connectivity index (χ1v) is 9.62. The topological polar surface area (TPSA) is 98.1 Å². The summed E-state index contributed by atoms with van der Waals surface area (Å²) >= 11 is 0. The molecule has 0 aliphatic heterocycles. The first-order chi connectivity index (χ1) is 15.8. The third kappa shape index (κ3) is 5.09. The second-order valence-corrected chi connectivity index (χ2v) is 6.85. The van der Waals surface area contributed by atoms with E-state index in [1.54, 1.807) is 42.5 Å². The van der Waals surface area contributed by atoms with E-state index >= 15 is 0 Å². The number of nitrogens with one attached hydrogen (secondary N) is 2. The Morgan fingerprint density at radius 2 is 1.67 bits per heavy atom. The number of aromatic nitrogens is 3. The summed E-state index contributed by atoms with van der Waals surface area (Å²) in [7, 11) is 0. The zero-order valence-corrected chi connectivity index (χ0v) is 16.8. The summed E-state index contributed by atoms with van der Waals surface area (Å²) in [6, 6.07) is 18.0. The minimum Gasteiger partial charge on any atom is -0.385 e. The molecule has 0 saturated heterocycles. The second-order valence-electron chi connectivity index (χ2n) is 6.85. The first-order valence-electron chi connectivity index (χ1n) is 9.62. The van der Waals surface area contributed by atoms with Crippen LogP contribution in [0.5, 0.6) is 0 Å². The predicted octanol–water partition coefficient (Wildman–Crippen LogP) is 3.77. The van der Waals surface area contributed by atoms with Gasteiger partial charge >= 0.3 is 6.18 Å². The molecule has 1 heterocycles. The maximum Gasteiger partial charge on any atom is 0.416 e. The van der Waals surface area contributed by atoms with Gasteiger partial charge in [-0.3, -0.25) is 9.59 Å². The van der Waals surface area contributed by atoms with Gasteiger partial charge in [-0.05, 0) is 47.7 Å². The number of para-hydroxylation sites is 2. The van der Waals surface area contributed by atoms with E-state index in [4.69, 9.17) is 4.84 Å². The summed E-state index contributed by atoms with van der Waals surface area (Å²) < 4.78 is 38.9. The minimum atomic E-state index is -4.55. The molecule has 8 nitrogen and oxygen atoms in total. The molecule has 0 unspecified atom stereocenters. The van der Waals surface area contributed by atoms with Crippen LogP contribution in [0, 0.1) is 0 Å². The van der Waals surface area contributed by atoms with E-state index in [1.807, 2.05) is 6.07 Å². The van der Waals surface area contributed by atoms with Crippen LogP contribution in [0.15, 0.2) is 72.8 Å². The average molecular weight is 455 g/mol. The number of alkyl halides is 3. The predicted molar refractivity (Wildman–Crippen MR) is 113 cm³/mol. The lowest BCUT2D eigenvalue weighted by Crippen LogP contribution is -2.27. The highest BCUT2D eigenvalue weighted by Gasteiger charge is 2.31. The van der Waals surface area contributed by atoms with Crippen LogP contribution >= 0.6 is 0 Å². The molecule has 2 N–H and O–H groups in total. The Balaban J connectivity index is 1.44. The fraction of sp³-hybridized carbons (Fsp3) is 0.0909. The monoisotopic (exact) mass is 455 g/mol. The molecule has 0 bridgehead atoms. The van der Waals surface area contributed by atoms with E-state index in [9.17, 15) is 22.8 Å². The summed E-state index contributed by atoms with van der Waals surface area (Å²) in [6.45, 7) is -0.580. The lowest BCUT2D eigenvalue weighted by Gasteiger charge is -2.12. The molecule has 168 valence electrons. The molecule has 0 aliphatic carbocycles. The van der Waals surface area contributed by atoms with Gasteiger partial charge in [0.15, 0.2) is 6.61 Å². The summed E-state index contributed by atoms with van der Waals surface area (Å²) in [5.41, 5.74) is 0.276. The Kier molecular flexibility index (Phi) is 5.94. The Labute approximate surface area is 184 Å². The fourth-order valence-electron chi connectivity index (χ4n) is 2.99. The Morgan fingerprint density at radius 3 is 2.42 bits per heavy atom. The molecule has 2 amide bonds. The normalized spacial score (nSPS) is 11.2. The third-order valence-electron chi connectivity index (χ3n) is 4.54. The molecule has 4 rings (SSSR count). The van der Waals surface area contributed by atoms with Crippen molar-refractivity contribution in [2.45, 2.75) is 6.18 Å². The number of fused-ring (bicyclic) bond motifs is 1. The van der Waals surface area contributed by atoms with Gasteiger partial charge in [0.1, 0.15) is 11.0 Å². The molecule has 33 heavy (non-hydrogen) atoms. The molecule has 0 fully saturated rings. The van der Waals surface area contributed by atoms with E-state index in [0.29, 0.717) is 5.69 Å². The second kappa shape index (κ2) is 8.99. The first kappa shape index (κ1) is 21.8. The standard InChI is InChI=1S/C22H16F3N5O3/c23-22(24,25)14-10-11-18-19(12-14)30(29-28-18)33-13-20(31)27-17-9-5-4-8-16(17)21(32)26-15-6-2-1-3-7-15/h1-12H,13H2,(H,26,32)(H,27,31). The van der Waals surface area contributed by atoms with Crippen LogP contribution in [-0.2, 0) is 11.0 Å². The number of anilines is 2. The average Bonchev–Trinajstić information content (AvgIpc) is 3.20. The van der Waals surface area contributed by atoms with Gasteiger partial charge in [-0.2, -0.15) is 13.2 Å². The van der Waals surface area contributed by atoms with Gasteiger partial charge in [-0.25, -0.2) is 0 Å². The molecule has 3 aromatic carbocycles. The lowest BCUT2D eigenvalue weighted by atomic mass is 10.1. The van der Waals surface area contributed by atoms with Crippen LogP contribution in [0.2, 0.25) is 0 Å². The van der Waals surface area contributed by atoms with Crippen LogP contribution in [0.3, 0.4) is 0 Å². The van der Waals surface area contributed by atoms with Crippen molar-refractivity contribution < 1.29 is 27.6 Å². The number of hydrogen-bond donors (Lipinski definition) is 2. The van der Waals surface area contributed by atoms with Crippen molar-refractivity contribution in [1.82, 2.24) is 15.2 Å². The van der Waals surface area contributed by atoms with Crippen molar-refractivity contribution in [3.8, 4) is 0 Å². The highest BCUT2D eigenvalue weighted by Crippen LogP contribution is 2.30. The molecular weight excluding hydrogens is 439 g/mol. The maximum atomic E-state index is 13.0. The van der Waals surface area contributed by atoms with Crippen LogP contribution in [0.25, 0.3) is 11.0 Å². The number of rotatable bonds is 6. The molecule has 1 aromatic heterocycles. The van der Waals surface area contributed by atoms with Crippen LogP contribution in [-0.4, -0.2) is 33.6 Å². The molecule has 0 atom stereocenters. The highest BCUT2D eigenvalue weighted by atomic mass is 19.4. The van der Waals surface area contributed by atoms with Crippen molar-refractivity contribution in [3.05, 3.63) is 83.9 Å². The number of nitrogens with zero attached hydrogens (tertiary/aromatic N) is 3. The zero-order chi connectivity index (χ0) is 23.4. The molecule has 0 radical (unpaired) electrons. The molecule has 0 spiro atoms. The molecule has 0 aliphatic rings. The third-order valence-corrected chi connectivity index (χ3v) is 4.54. The summed E-state index contributed by atoms with van der Waals surface area (Å²) in [5, 5.41) is 12.6. The smallest absolute Gasteiger partial charge is 0.385 e. The number of carbonyl (C=O) groups excluding carboxylic acids is 2. The van der Waals surface area contributed by atoms with Crippen LogP contribution in [0.4, 0.5) is 24.5 Å². The molecule has 4 aromatic rings. The van der Waals surface area contributed by atoms with E-state index in [0.717, 1.165) is 23.0 Å². The zero-order valence-electron chi connectivity index (χ0n) is 16.8. The van der Waals surface area contributed by atoms with Crippen molar-refractivity contribution in [2.75, 3.05) is 17.2 Å². The Bertz CT molecular complexity index is 1310. The molecule has 0 saturated carbocycles. The van der Waals surface area contributed by atoms with Crippen LogP contribution < -0.4 is 15.5 Å². The number of hydrogen-bond acceptors (Lipinski definition) is 5. The largest absolute Gasteiger partial charge is 0.416 e. The van der Waals surface area contributed by atoms with Gasteiger partial charge in [0.25, 0.3) is 11.8 Å². The van der Waals surface area contributed by atoms with E-state index < -0.39 is 30.2 Å². The highest BCUT2D eigenvalue weighted by molar-refractivity contribution is 6.10. The van der Waals surface area contributed by atoms with Crippen molar-refractivity contribution >= 4 is 34.2 Å². The van der Waals surface area contributed by atoms with Crippen molar-refractivity contribution in [1.29, 1.82) is 0 Å². The Morgan fingerprint density at radius 1 is 0.939 bits per heavy atom. The quantitative estimate of drug-likeness (QED) is 0.461. The van der Waals surface area contributed by atoms with Crippen molar-refractivity contribution in [2.24, 2.45) is 0 Å². The van der Waals surface area contributed by atoms with Gasteiger partial charge in [-0.15, -0.1) is 5.10 Å². The van der Waals surface area contributed by atoms with Crippen LogP contribution in [0.1, 0.15) is 15.9 Å². The summed E-state index contributed by atoms with van der Waals surface area (Å²) in [6.07, 6.45) is -4.55. The van der Waals surface area contributed by atoms with Gasteiger partial charge in [0.05, 0.1) is 16.8 Å². The van der Waals surface area contributed by atoms with E-state index in [1.165, 1.54) is 6.07 Å². The SMILES string of the molecule is O=C(COn1nnc2ccc(C(F)(F)F)cc21)Nc1ccccc1C(=O)Nc1ccccc1. The fourth-order valence-corrected chi connectivity index (χ4v) is 2.99. The number of amides is 2. The van der Waals surface area contributed by atoms with Gasteiger partial charge in [0.2, 0.25) is 0 Å². The van der Waals surface area contributed by atoms with Gasteiger partial charge in [-0.1, -0.05) is 35.2 Å². The number of benzene rings is 3. The van der Waals surface area contributed by atoms with Crippen molar-refractivity contribution in [3.63, 3.8) is 0 Å². The minimum absolute atomic E-state index is 0.0414. The summed E-state index contributed by atoms with van der Waals surface area (Å²) in [4.78, 5) is 31.0. The van der Waals surface area contributed by atoms with E-state index in [2.05, 4.69) is 20.9 Å². The molecular formula is C22H16F3N5O3.